The predicted molar refractivity (Wildman–Crippen MR) is 101 cm³/mol. The smallest absolute Gasteiger partial charge is 0.0560 e. The molecule has 0 bridgehead atoms. The Morgan fingerprint density at radius 1 is 0.957 bits per heavy atom. The minimum atomic E-state index is 0.393. The fourth-order valence-electron chi connectivity index (χ4n) is 3.46. The lowest BCUT2D eigenvalue weighted by Gasteiger charge is -2.36. The van der Waals surface area contributed by atoms with Crippen LogP contribution in [-0.2, 0) is 0 Å². The summed E-state index contributed by atoms with van der Waals surface area (Å²) in [6.45, 7) is 8.90. The van der Waals surface area contributed by atoms with Crippen LogP contribution in [0, 0.1) is 12.8 Å². The highest BCUT2D eigenvalue weighted by molar-refractivity contribution is 5.59. The number of hydrogen-bond donors (Lipinski definition) is 0. The maximum atomic E-state index is 2.51. The number of nitrogens with zero attached hydrogens (tertiary/aromatic N) is 1. The van der Waals surface area contributed by atoms with Crippen molar-refractivity contribution in [3.8, 4) is 0 Å². The molecule has 0 aliphatic heterocycles. The number of aryl methyl sites for hydroxylation is 1. The van der Waals surface area contributed by atoms with Crippen molar-refractivity contribution in [3.05, 3.63) is 77.1 Å². The molecule has 2 aliphatic carbocycles. The van der Waals surface area contributed by atoms with E-state index in [1.807, 2.05) is 0 Å². The number of rotatable bonds is 3. The molecule has 0 N–H and O–H groups in total. The quantitative estimate of drug-likeness (QED) is 0.667. The molecule has 120 valence electrons. The molecule has 1 nitrogen and oxygen atoms in total. The first kappa shape index (κ1) is 15.9. The van der Waals surface area contributed by atoms with Crippen molar-refractivity contribution in [2.24, 2.45) is 5.92 Å². The van der Waals surface area contributed by atoms with Crippen LogP contribution in [0.3, 0.4) is 0 Å². The molecule has 23 heavy (non-hydrogen) atoms. The molecular weight excluding hydrogens is 278 g/mol. The van der Waals surface area contributed by atoms with Gasteiger partial charge in [-0.25, -0.2) is 0 Å². The topological polar surface area (TPSA) is 3.24 Å². The van der Waals surface area contributed by atoms with Gasteiger partial charge in [0.05, 0.1) is 6.04 Å². The van der Waals surface area contributed by atoms with Crippen LogP contribution in [0.15, 0.2) is 71.5 Å². The average Bonchev–Trinajstić information content (AvgIpc) is 2.53. The summed E-state index contributed by atoms with van der Waals surface area (Å²) >= 11 is 0. The lowest BCUT2D eigenvalue weighted by atomic mass is 9.92. The highest BCUT2D eigenvalue weighted by Crippen LogP contribution is 2.33. The largest absolute Gasteiger partial charge is 0.334 e. The van der Waals surface area contributed by atoms with E-state index in [0.717, 1.165) is 12.8 Å². The van der Waals surface area contributed by atoms with E-state index in [2.05, 4.69) is 87.2 Å². The van der Waals surface area contributed by atoms with Crippen molar-refractivity contribution in [3.63, 3.8) is 0 Å². The molecule has 0 heterocycles. The van der Waals surface area contributed by atoms with E-state index in [-0.39, 0.29) is 0 Å². The molecule has 1 heteroatoms. The van der Waals surface area contributed by atoms with Gasteiger partial charge in [-0.15, -0.1) is 0 Å². The zero-order chi connectivity index (χ0) is 16.4. The molecule has 0 fully saturated rings. The zero-order valence-corrected chi connectivity index (χ0v) is 14.7. The van der Waals surface area contributed by atoms with Crippen LogP contribution in [-0.4, -0.2) is 6.04 Å². The maximum absolute atomic E-state index is 2.51. The molecular formula is C22H27N. The van der Waals surface area contributed by atoms with E-state index in [0.29, 0.717) is 12.0 Å². The summed E-state index contributed by atoms with van der Waals surface area (Å²) in [5, 5.41) is 0. The molecule has 0 radical (unpaired) electrons. The summed E-state index contributed by atoms with van der Waals surface area (Å²) in [4.78, 5) is 2.51. The van der Waals surface area contributed by atoms with Gasteiger partial charge < -0.3 is 4.90 Å². The molecule has 2 atom stereocenters. The maximum Gasteiger partial charge on any atom is 0.0560 e. The molecule has 2 unspecified atom stereocenters. The van der Waals surface area contributed by atoms with Gasteiger partial charge in [-0.1, -0.05) is 54.5 Å². The molecule has 2 aliphatic rings. The molecule has 0 saturated heterocycles. The average molecular weight is 305 g/mol. The van der Waals surface area contributed by atoms with E-state index in [1.54, 1.807) is 0 Å². The van der Waals surface area contributed by atoms with Crippen molar-refractivity contribution in [2.45, 2.75) is 46.6 Å². The monoisotopic (exact) mass is 305 g/mol. The van der Waals surface area contributed by atoms with Crippen LogP contribution in [0.25, 0.3) is 0 Å². The van der Waals surface area contributed by atoms with Crippen molar-refractivity contribution in [1.82, 2.24) is 0 Å². The van der Waals surface area contributed by atoms with Crippen LogP contribution < -0.4 is 4.90 Å². The molecule has 3 rings (SSSR count). The van der Waals surface area contributed by atoms with Crippen molar-refractivity contribution >= 4 is 5.69 Å². The van der Waals surface area contributed by atoms with Gasteiger partial charge in [0, 0.05) is 11.4 Å². The minimum Gasteiger partial charge on any atom is -0.334 e. The molecule has 1 aromatic carbocycles. The summed E-state index contributed by atoms with van der Waals surface area (Å²) in [7, 11) is 0. The van der Waals surface area contributed by atoms with E-state index >= 15 is 0 Å². The van der Waals surface area contributed by atoms with Gasteiger partial charge in [-0.3, -0.25) is 0 Å². The van der Waals surface area contributed by atoms with E-state index in [9.17, 15) is 0 Å². The van der Waals surface area contributed by atoms with Crippen LogP contribution >= 0.6 is 0 Å². The number of anilines is 1. The van der Waals surface area contributed by atoms with Gasteiger partial charge in [0.25, 0.3) is 0 Å². The van der Waals surface area contributed by atoms with Gasteiger partial charge in [-0.05, 0) is 63.3 Å². The third kappa shape index (κ3) is 3.50. The minimum absolute atomic E-state index is 0.393. The van der Waals surface area contributed by atoms with Gasteiger partial charge in [0.1, 0.15) is 0 Å². The van der Waals surface area contributed by atoms with E-state index < -0.39 is 0 Å². The summed E-state index contributed by atoms with van der Waals surface area (Å²) in [5.41, 5.74) is 6.81. The molecule has 0 aromatic heterocycles. The van der Waals surface area contributed by atoms with Gasteiger partial charge in [-0.2, -0.15) is 0 Å². The summed E-state index contributed by atoms with van der Waals surface area (Å²) < 4.78 is 0. The third-order valence-corrected chi connectivity index (χ3v) is 4.81. The van der Waals surface area contributed by atoms with Gasteiger partial charge in [0.15, 0.2) is 0 Å². The Bertz CT molecular complexity index is 685. The number of hydrogen-bond acceptors (Lipinski definition) is 1. The molecule has 0 spiro atoms. The van der Waals surface area contributed by atoms with Crippen LogP contribution in [0.1, 0.15) is 39.2 Å². The van der Waals surface area contributed by atoms with Crippen molar-refractivity contribution in [2.75, 3.05) is 4.90 Å². The van der Waals surface area contributed by atoms with Crippen LogP contribution in [0.5, 0.6) is 0 Å². The molecule has 0 saturated carbocycles. The SMILES string of the molecule is CC1=CCC(N(C2=C(C)CC(C)C=C2)c2ccc(C)cc2)C=C1. The summed E-state index contributed by atoms with van der Waals surface area (Å²) in [6.07, 6.45) is 13.8. The second-order valence-corrected chi connectivity index (χ2v) is 7.02. The normalized spacial score (nSPS) is 23.9. The first-order valence-electron chi connectivity index (χ1n) is 8.63. The number of benzene rings is 1. The van der Waals surface area contributed by atoms with E-state index in [4.69, 9.17) is 0 Å². The standard InChI is InChI=1S/C22H27N/c1-16-5-10-20(11-6-16)23(21-12-7-17(2)8-13-21)22-14-9-18(3)15-19(22)4/h5-12,14,18,21H,13,15H2,1-4H3. The summed E-state index contributed by atoms with van der Waals surface area (Å²) in [5.74, 6) is 0.641. The Morgan fingerprint density at radius 3 is 2.30 bits per heavy atom. The predicted octanol–water partition coefficient (Wildman–Crippen LogP) is 5.95. The lowest BCUT2D eigenvalue weighted by molar-refractivity contribution is 0.676. The highest BCUT2D eigenvalue weighted by atomic mass is 15.2. The fraction of sp³-hybridized carbons (Fsp3) is 0.364. The molecule has 0 amide bonds. The Kier molecular flexibility index (Phi) is 4.56. The Labute approximate surface area is 140 Å². The fourth-order valence-corrected chi connectivity index (χ4v) is 3.46. The lowest BCUT2D eigenvalue weighted by Crippen LogP contribution is -2.34. The van der Waals surface area contributed by atoms with Gasteiger partial charge >= 0.3 is 0 Å². The third-order valence-electron chi connectivity index (χ3n) is 4.81. The van der Waals surface area contributed by atoms with Crippen molar-refractivity contribution in [1.29, 1.82) is 0 Å². The van der Waals surface area contributed by atoms with Gasteiger partial charge in [0.2, 0.25) is 0 Å². The van der Waals surface area contributed by atoms with Crippen molar-refractivity contribution < 1.29 is 0 Å². The summed E-state index contributed by atoms with van der Waals surface area (Å²) in [6, 6.07) is 9.31. The zero-order valence-electron chi connectivity index (χ0n) is 14.7. The second-order valence-electron chi connectivity index (χ2n) is 7.02. The van der Waals surface area contributed by atoms with E-state index in [1.165, 1.54) is 28.1 Å². The number of allylic oxidation sites excluding steroid dienone is 5. The van der Waals surface area contributed by atoms with Crippen LogP contribution in [0.2, 0.25) is 0 Å². The molecule has 1 aromatic rings. The Morgan fingerprint density at radius 2 is 1.70 bits per heavy atom. The Balaban J connectivity index is 2.01. The highest BCUT2D eigenvalue weighted by Gasteiger charge is 2.23. The first-order valence-corrected chi connectivity index (χ1v) is 8.63. The Hall–Kier alpha value is -2.02. The van der Waals surface area contributed by atoms with Crippen LogP contribution in [0.4, 0.5) is 5.69 Å². The second kappa shape index (κ2) is 6.62. The first-order chi connectivity index (χ1) is 11.0.